The molecular formula is C19H22N2O3. The molecule has 0 bridgehead atoms. The number of nitrogens with one attached hydrogen (secondary N) is 2. The zero-order chi connectivity index (χ0) is 17.2. The number of benzene rings is 2. The minimum atomic E-state index is -0.815. The molecule has 0 radical (unpaired) electrons. The fourth-order valence-electron chi connectivity index (χ4n) is 2.36. The molecule has 0 saturated heterocycles. The van der Waals surface area contributed by atoms with Crippen molar-refractivity contribution in [2.75, 3.05) is 13.7 Å². The van der Waals surface area contributed by atoms with Crippen molar-refractivity contribution in [1.82, 2.24) is 10.6 Å². The predicted octanol–water partition coefficient (Wildman–Crippen LogP) is 2.83. The maximum Gasteiger partial charge on any atom is 0.333 e. The average molecular weight is 326 g/mol. The van der Waals surface area contributed by atoms with Crippen molar-refractivity contribution in [2.45, 2.75) is 18.9 Å². The summed E-state index contributed by atoms with van der Waals surface area (Å²) in [6.45, 7) is 0.531. The van der Waals surface area contributed by atoms with E-state index in [4.69, 9.17) is 4.74 Å². The van der Waals surface area contributed by atoms with Crippen molar-refractivity contribution in [2.24, 2.45) is 0 Å². The number of carbonyl (C=O) groups is 2. The van der Waals surface area contributed by atoms with E-state index in [1.165, 1.54) is 12.7 Å². The van der Waals surface area contributed by atoms with Crippen molar-refractivity contribution in [3.8, 4) is 0 Å². The van der Waals surface area contributed by atoms with Crippen LogP contribution in [-0.2, 0) is 16.0 Å². The predicted molar refractivity (Wildman–Crippen MR) is 92.5 cm³/mol. The van der Waals surface area contributed by atoms with Crippen LogP contribution in [0.1, 0.15) is 23.6 Å². The Morgan fingerprint density at radius 2 is 1.62 bits per heavy atom. The summed E-state index contributed by atoms with van der Waals surface area (Å²) in [6, 6.07) is 17.9. The Kier molecular flexibility index (Phi) is 6.83. The Balaban J connectivity index is 1.81. The van der Waals surface area contributed by atoms with Gasteiger partial charge in [-0.05, 0) is 24.0 Å². The van der Waals surface area contributed by atoms with Crippen LogP contribution in [0.25, 0.3) is 0 Å². The van der Waals surface area contributed by atoms with E-state index in [2.05, 4.69) is 22.8 Å². The number of ether oxygens (including phenoxy) is 1. The number of esters is 1. The van der Waals surface area contributed by atoms with Gasteiger partial charge < -0.3 is 15.4 Å². The van der Waals surface area contributed by atoms with E-state index >= 15 is 0 Å². The van der Waals surface area contributed by atoms with Crippen LogP contribution in [0.4, 0.5) is 4.79 Å². The summed E-state index contributed by atoms with van der Waals surface area (Å²) in [7, 11) is 1.30. The van der Waals surface area contributed by atoms with Gasteiger partial charge in [-0.25, -0.2) is 9.59 Å². The molecule has 0 heterocycles. The minimum absolute atomic E-state index is 0.387. The van der Waals surface area contributed by atoms with Gasteiger partial charge in [0, 0.05) is 6.54 Å². The van der Waals surface area contributed by atoms with E-state index < -0.39 is 12.0 Å². The zero-order valence-corrected chi connectivity index (χ0v) is 13.7. The molecule has 0 fully saturated rings. The lowest BCUT2D eigenvalue weighted by Crippen LogP contribution is -2.41. The van der Waals surface area contributed by atoms with Gasteiger partial charge in [0.1, 0.15) is 0 Å². The van der Waals surface area contributed by atoms with Gasteiger partial charge in [-0.3, -0.25) is 0 Å². The van der Waals surface area contributed by atoms with Crippen LogP contribution in [0.2, 0.25) is 0 Å². The summed E-state index contributed by atoms with van der Waals surface area (Å²) >= 11 is 0. The number of aryl methyl sites for hydroxylation is 1. The van der Waals surface area contributed by atoms with Crippen LogP contribution in [0.3, 0.4) is 0 Å². The van der Waals surface area contributed by atoms with Gasteiger partial charge >= 0.3 is 12.0 Å². The first-order valence-corrected chi connectivity index (χ1v) is 7.92. The summed E-state index contributed by atoms with van der Waals surface area (Å²) < 4.78 is 4.77. The van der Waals surface area contributed by atoms with Crippen LogP contribution in [0.15, 0.2) is 60.7 Å². The molecule has 5 heteroatoms. The number of hydrogen-bond donors (Lipinski definition) is 2. The van der Waals surface area contributed by atoms with Crippen molar-refractivity contribution in [3.63, 3.8) is 0 Å². The van der Waals surface area contributed by atoms with Crippen LogP contribution in [-0.4, -0.2) is 25.7 Å². The maximum atomic E-state index is 12.0. The summed E-state index contributed by atoms with van der Waals surface area (Å²) in [5.74, 6) is -0.499. The molecule has 24 heavy (non-hydrogen) atoms. The third-order valence-corrected chi connectivity index (χ3v) is 3.62. The van der Waals surface area contributed by atoms with Gasteiger partial charge in [-0.1, -0.05) is 60.7 Å². The van der Waals surface area contributed by atoms with Crippen molar-refractivity contribution >= 4 is 12.0 Å². The van der Waals surface area contributed by atoms with E-state index in [-0.39, 0.29) is 6.03 Å². The fraction of sp³-hybridized carbons (Fsp3) is 0.263. The van der Waals surface area contributed by atoms with Gasteiger partial charge in [0.15, 0.2) is 6.04 Å². The molecule has 0 saturated carbocycles. The highest BCUT2D eigenvalue weighted by Gasteiger charge is 2.23. The van der Waals surface area contributed by atoms with Crippen LogP contribution in [0, 0.1) is 0 Å². The summed E-state index contributed by atoms with van der Waals surface area (Å²) in [5.41, 5.74) is 1.92. The Morgan fingerprint density at radius 1 is 1.00 bits per heavy atom. The highest BCUT2D eigenvalue weighted by atomic mass is 16.5. The quantitative estimate of drug-likeness (QED) is 0.607. The second-order valence-electron chi connectivity index (χ2n) is 5.36. The fourth-order valence-corrected chi connectivity index (χ4v) is 2.36. The second kappa shape index (κ2) is 9.35. The minimum Gasteiger partial charge on any atom is -0.467 e. The third kappa shape index (κ3) is 5.43. The number of rotatable bonds is 7. The summed E-state index contributed by atoms with van der Waals surface area (Å²) in [6.07, 6.45) is 1.71. The van der Waals surface area contributed by atoms with E-state index in [0.717, 1.165) is 12.8 Å². The smallest absolute Gasteiger partial charge is 0.333 e. The van der Waals surface area contributed by atoms with E-state index in [1.54, 1.807) is 12.1 Å². The normalized spacial score (nSPS) is 11.4. The number of urea groups is 1. The lowest BCUT2D eigenvalue weighted by molar-refractivity contribution is -0.143. The molecule has 0 aromatic heterocycles. The van der Waals surface area contributed by atoms with E-state index in [0.29, 0.717) is 12.1 Å². The highest BCUT2D eigenvalue weighted by molar-refractivity contribution is 5.84. The van der Waals surface area contributed by atoms with Gasteiger partial charge in [0.2, 0.25) is 0 Å². The van der Waals surface area contributed by atoms with E-state index in [1.807, 2.05) is 36.4 Å². The summed E-state index contributed by atoms with van der Waals surface area (Å²) in [5, 5.41) is 5.43. The third-order valence-electron chi connectivity index (χ3n) is 3.62. The molecule has 2 N–H and O–H groups in total. The first kappa shape index (κ1) is 17.5. The lowest BCUT2D eigenvalue weighted by Gasteiger charge is -2.17. The Labute approximate surface area is 142 Å². The molecule has 2 rings (SSSR count). The van der Waals surface area contributed by atoms with Crippen molar-refractivity contribution < 1.29 is 14.3 Å². The van der Waals surface area contributed by atoms with Gasteiger partial charge in [-0.15, -0.1) is 0 Å². The Bertz CT molecular complexity index is 644. The number of hydrogen-bond acceptors (Lipinski definition) is 3. The second-order valence-corrected chi connectivity index (χ2v) is 5.36. The lowest BCUT2D eigenvalue weighted by atomic mass is 10.1. The van der Waals surface area contributed by atoms with E-state index in [9.17, 15) is 9.59 Å². The number of carbonyl (C=O) groups excluding carboxylic acids is 2. The molecule has 0 aliphatic rings. The molecule has 2 amide bonds. The molecule has 0 spiro atoms. The first-order chi connectivity index (χ1) is 11.7. The summed E-state index contributed by atoms with van der Waals surface area (Å²) in [4.78, 5) is 23.9. The highest BCUT2D eigenvalue weighted by Crippen LogP contribution is 2.13. The number of methoxy groups -OCH3 is 1. The first-order valence-electron chi connectivity index (χ1n) is 7.92. The topological polar surface area (TPSA) is 67.4 Å². The monoisotopic (exact) mass is 326 g/mol. The molecule has 0 aliphatic carbocycles. The molecule has 1 atom stereocenters. The molecule has 1 unspecified atom stereocenters. The Hall–Kier alpha value is -2.82. The molecule has 2 aromatic rings. The van der Waals surface area contributed by atoms with Crippen molar-refractivity contribution in [1.29, 1.82) is 0 Å². The molecule has 2 aromatic carbocycles. The SMILES string of the molecule is COC(=O)C(NC(=O)NCCCc1ccccc1)c1ccccc1. The zero-order valence-electron chi connectivity index (χ0n) is 13.7. The molecule has 5 nitrogen and oxygen atoms in total. The van der Waals surface area contributed by atoms with Crippen LogP contribution in [0.5, 0.6) is 0 Å². The van der Waals surface area contributed by atoms with Gasteiger partial charge in [0.25, 0.3) is 0 Å². The van der Waals surface area contributed by atoms with Gasteiger partial charge in [0.05, 0.1) is 7.11 Å². The van der Waals surface area contributed by atoms with Crippen molar-refractivity contribution in [3.05, 3.63) is 71.8 Å². The maximum absolute atomic E-state index is 12.0. The van der Waals surface area contributed by atoms with Crippen LogP contribution >= 0.6 is 0 Å². The molecule has 126 valence electrons. The number of amides is 2. The van der Waals surface area contributed by atoms with Crippen LogP contribution < -0.4 is 10.6 Å². The molecular weight excluding hydrogens is 304 g/mol. The molecule has 0 aliphatic heterocycles. The average Bonchev–Trinajstić information content (AvgIpc) is 2.64. The largest absolute Gasteiger partial charge is 0.467 e. The van der Waals surface area contributed by atoms with Gasteiger partial charge in [-0.2, -0.15) is 0 Å². The Morgan fingerprint density at radius 3 is 2.25 bits per heavy atom. The standard InChI is InChI=1S/C19H22N2O3/c1-24-18(22)17(16-12-6-3-7-13-16)21-19(23)20-14-8-11-15-9-4-2-5-10-15/h2-7,9-10,12-13,17H,8,11,14H2,1H3,(H2,20,21,23).